The van der Waals surface area contributed by atoms with Gasteiger partial charge in [0.25, 0.3) is 10.2 Å². The van der Waals surface area contributed by atoms with E-state index in [4.69, 9.17) is 0 Å². The molecule has 6 heteroatoms. The molecule has 0 spiro atoms. The molecule has 0 aliphatic carbocycles. The Morgan fingerprint density at radius 3 is 2.33 bits per heavy atom. The van der Waals surface area contributed by atoms with Crippen LogP contribution in [0.4, 0.5) is 0 Å². The lowest BCUT2D eigenvalue weighted by Crippen LogP contribution is -2.35. The summed E-state index contributed by atoms with van der Waals surface area (Å²) in [6.07, 6.45) is 1.31. The summed E-state index contributed by atoms with van der Waals surface area (Å²) >= 11 is 3.74. The Bertz CT molecular complexity index is 186. The molecular weight excluding hydrogens is 160 g/mol. The molecule has 0 aromatic rings. The second-order valence-electron chi connectivity index (χ2n) is 1.34. The molecule has 0 rings (SSSR count). The Hall–Kier alpha value is -0.0400. The zero-order valence-electron chi connectivity index (χ0n) is 4.61. The third kappa shape index (κ3) is 5.84. The van der Waals surface area contributed by atoms with Crippen molar-refractivity contribution in [3.63, 3.8) is 0 Å². The zero-order chi connectivity index (χ0) is 7.49. The Morgan fingerprint density at radius 2 is 2.22 bits per heavy atom. The van der Waals surface area contributed by atoms with E-state index in [-0.39, 0.29) is 0 Å². The first-order valence-corrected chi connectivity index (χ1v) is 4.12. The van der Waals surface area contributed by atoms with Crippen molar-refractivity contribution in [2.24, 2.45) is 5.14 Å². The van der Waals surface area contributed by atoms with E-state index in [0.717, 1.165) is 0 Å². The second-order valence-corrected chi connectivity index (χ2v) is 3.23. The van der Waals surface area contributed by atoms with Gasteiger partial charge in [0, 0.05) is 0 Å². The van der Waals surface area contributed by atoms with E-state index >= 15 is 0 Å². The predicted molar refractivity (Wildman–Crippen MR) is 39.2 cm³/mol. The van der Waals surface area contributed by atoms with Gasteiger partial charge in [0.15, 0.2) is 0 Å². The molecule has 4 nitrogen and oxygen atoms in total. The second kappa shape index (κ2) is 3.21. The van der Waals surface area contributed by atoms with Crippen molar-refractivity contribution < 1.29 is 8.42 Å². The highest BCUT2D eigenvalue weighted by Gasteiger charge is 2.03. The molecule has 0 fully saturated rings. The standard InChI is InChI=1S/C3H8N2O2S2/c1-2-3(8)5-9(4,6)7/h2-3,5,8H,1H2,(H2,4,6,7). The topological polar surface area (TPSA) is 72.2 Å². The molecule has 3 N–H and O–H groups in total. The minimum Gasteiger partial charge on any atom is -0.216 e. The van der Waals surface area contributed by atoms with Crippen molar-refractivity contribution in [1.82, 2.24) is 4.72 Å². The van der Waals surface area contributed by atoms with Gasteiger partial charge in [0.05, 0.1) is 5.37 Å². The lowest BCUT2D eigenvalue weighted by atomic mass is 10.7. The summed E-state index contributed by atoms with van der Waals surface area (Å²) in [5, 5.41) is 3.97. The van der Waals surface area contributed by atoms with Gasteiger partial charge in [-0.05, 0) is 0 Å². The average molecular weight is 168 g/mol. The highest BCUT2D eigenvalue weighted by atomic mass is 32.2. The lowest BCUT2D eigenvalue weighted by Gasteiger charge is -2.03. The van der Waals surface area contributed by atoms with Crippen molar-refractivity contribution in [3.05, 3.63) is 12.7 Å². The number of thiol groups is 1. The molecule has 0 aliphatic heterocycles. The van der Waals surface area contributed by atoms with Gasteiger partial charge >= 0.3 is 0 Å². The van der Waals surface area contributed by atoms with E-state index in [1.165, 1.54) is 6.08 Å². The molecule has 0 saturated carbocycles. The molecular formula is C3H8N2O2S2. The van der Waals surface area contributed by atoms with Crippen molar-refractivity contribution in [2.75, 3.05) is 0 Å². The van der Waals surface area contributed by atoms with Gasteiger partial charge < -0.3 is 0 Å². The van der Waals surface area contributed by atoms with E-state index in [1.807, 2.05) is 4.72 Å². The van der Waals surface area contributed by atoms with Crippen LogP contribution in [0.25, 0.3) is 0 Å². The molecule has 1 atom stereocenters. The predicted octanol–water partition coefficient (Wildman–Crippen LogP) is -0.779. The average Bonchev–Trinajstić information content (AvgIpc) is 1.62. The summed E-state index contributed by atoms with van der Waals surface area (Å²) in [4.78, 5) is 0. The van der Waals surface area contributed by atoms with E-state index in [0.29, 0.717) is 0 Å². The van der Waals surface area contributed by atoms with Gasteiger partial charge in [-0.3, -0.25) is 0 Å². The number of nitrogens with one attached hydrogen (secondary N) is 1. The largest absolute Gasteiger partial charge is 0.275 e. The van der Waals surface area contributed by atoms with Crippen LogP contribution in [0.15, 0.2) is 12.7 Å². The van der Waals surface area contributed by atoms with E-state index in [2.05, 4.69) is 24.3 Å². The van der Waals surface area contributed by atoms with Crippen LogP contribution in [0.3, 0.4) is 0 Å². The molecule has 9 heavy (non-hydrogen) atoms. The van der Waals surface area contributed by atoms with E-state index < -0.39 is 15.6 Å². The van der Waals surface area contributed by atoms with Crippen LogP contribution in [0, 0.1) is 0 Å². The zero-order valence-corrected chi connectivity index (χ0v) is 6.32. The number of hydrogen-bond donors (Lipinski definition) is 3. The summed E-state index contributed by atoms with van der Waals surface area (Å²) in [5.74, 6) is 0. The van der Waals surface area contributed by atoms with Crippen LogP contribution in [-0.4, -0.2) is 13.8 Å². The minimum atomic E-state index is -3.63. The number of rotatable bonds is 3. The molecule has 0 aromatic carbocycles. The van der Waals surface area contributed by atoms with Crippen LogP contribution in [0.1, 0.15) is 0 Å². The highest BCUT2D eigenvalue weighted by molar-refractivity contribution is 7.88. The summed E-state index contributed by atoms with van der Waals surface area (Å²) in [6.45, 7) is 3.29. The van der Waals surface area contributed by atoms with Crippen LogP contribution in [0.5, 0.6) is 0 Å². The molecule has 1 unspecified atom stereocenters. The third-order valence-electron chi connectivity index (χ3n) is 0.508. The summed E-state index contributed by atoms with van der Waals surface area (Å²) < 4.78 is 22.3. The van der Waals surface area contributed by atoms with Gasteiger partial charge in [0.2, 0.25) is 0 Å². The normalized spacial score (nSPS) is 14.9. The summed E-state index contributed by atoms with van der Waals surface area (Å²) in [6, 6.07) is 0. The Labute approximate surface area is 59.7 Å². The van der Waals surface area contributed by atoms with Gasteiger partial charge in [-0.25, -0.2) is 5.14 Å². The first-order chi connectivity index (χ1) is 3.95. The summed E-state index contributed by atoms with van der Waals surface area (Å²) in [7, 11) is -3.63. The quantitative estimate of drug-likeness (QED) is 0.294. The SMILES string of the molecule is C=CC(S)NS(N)(=O)=O. The monoisotopic (exact) mass is 168 g/mol. The van der Waals surface area contributed by atoms with Crippen molar-refractivity contribution in [2.45, 2.75) is 5.37 Å². The van der Waals surface area contributed by atoms with Gasteiger partial charge in [-0.15, -0.1) is 6.58 Å². The number of nitrogens with two attached hydrogens (primary N) is 1. The van der Waals surface area contributed by atoms with Crippen molar-refractivity contribution >= 4 is 22.8 Å². The number of hydrogen-bond acceptors (Lipinski definition) is 3. The van der Waals surface area contributed by atoms with Gasteiger partial charge in [-0.2, -0.15) is 25.8 Å². The molecule has 0 aromatic heterocycles. The van der Waals surface area contributed by atoms with Crippen molar-refractivity contribution in [3.8, 4) is 0 Å². The lowest BCUT2D eigenvalue weighted by molar-refractivity contribution is 0.585. The van der Waals surface area contributed by atoms with Crippen LogP contribution < -0.4 is 9.86 Å². The van der Waals surface area contributed by atoms with Crippen molar-refractivity contribution in [1.29, 1.82) is 0 Å². The molecule has 0 amide bonds. The van der Waals surface area contributed by atoms with Gasteiger partial charge in [-0.1, -0.05) is 6.08 Å². The fraction of sp³-hybridized carbons (Fsp3) is 0.333. The molecule has 0 radical (unpaired) electrons. The smallest absolute Gasteiger partial charge is 0.216 e. The molecule has 0 aliphatic rings. The fourth-order valence-electron chi connectivity index (χ4n) is 0.216. The molecule has 54 valence electrons. The first-order valence-electron chi connectivity index (χ1n) is 2.06. The Morgan fingerprint density at radius 1 is 1.78 bits per heavy atom. The first kappa shape index (κ1) is 8.96. The van der Waals surface area contributed by atoms with Crippen LogP contribution in [0.2, 0.25) is 0 Å². The maximum Gasteiger partial charge on any atom is 0.275 e. The molecule has 0 heterocycles. The minimum absolute atomic E-state index is 0.611. The van der Waals surface area contributed by atoms with E-state index in [9.17, 15) is 8.42 Å². The van der Waals surface area contributed by atoms with Gasteiger partial charge in [0.1, 0.15) is 0 Å². The maximum atomic E-state index is 10.2. The molecule has 0 saturated heterocycles. The third-order valence-corrected chi connectivity index (χ3v) is 1.61. The Kier molecular flexibility index (Phi) is 3.20. The maximum absolute atomic E-state index is 10.2. The Balaban J connectivity index is 3.89. The van der Waals surface area contributed by atoms with Crippen LogP contribution in [-0.2, 0) is 10.2 Å². The summed E-state index contributed by atoms with van der Waals surface area (Å²) in [5.41, 5.74) is 0. The van der Waals surface area contributed by atoms with E-state index in [1.54, 1.807) is 0 Å². The molecule has 0 bridgehead atoms. The van der Waals surface area contributed by atoms with Crippen LogP contribution >= 0.6 is 12.6 Å². The highest BCUT2D eigenvalue weighted by Crippen LogP contribution is 1.89. The fourth-order valence-corrected chi connectivity index (χ4v) is 1.09.